The zero-order valence-corrected chi connectivity index (χ0v) is 17.9. The average molecular weight is 447 g/mol. The summed E-state index contributed by atoms with van der Waals surface area (Å²) in [5.41, 5.74) is 0.642. The first kappa shape index (κ1) is 19.4. The fraction of sp³-hybridized carbons (Fsp3) is 0.474. The largest absolute Gasteiger partial charge is 0.355 e. The number of carbonyl (C=O) groups excluding carboxylic acids is 1. The third kappa shape index (κ3) is 3.45. The van der Waals surface area contributed by atoms with Crippen LogP contribution in [0.25, 0.3) is 0 Å². The number of carbonyl (C=O) groups is 1. The lowest BCUT2D eigenvalue weighted by atomic mass is 9.95. The molecule has 2 fully saturated rings. The van der Waals surface area contributed by atoms with Gasteiger partial charge in [-0.15, -0.1) is 4.40 Å². The second kappa shape index (κ2) is 7.31. The Morgan fingerprint density at radius 1 is 1.20 bits per heavy atom. The number of sulfonamides is 1. The third-order valence-corrected chi connectivity index (χ3v) is 7.50. The number of nitrogens with one attached hydrogen (secondary N) is 2. The van der Waals surface area contributed by atoms with Crippen molar-refractivity contribution >= 4 is 34.0 Å². The van der Waals surface area contributed by atoms with Gasteiger partial charge in [0.15, 0.2) is 16.4 Å². The number of likely N-dealkylation sites (tertiary alicyclic amines) is 1. The summed E-state index contributed by atoms with van der Waals surface area (Å²) in [5, 5.41) is 10.0. The van der Waals surface area contributed by atoms with E-state index >= 15 is 0 Å². The van der Waals surface area contributed by atoms with Crippen molar-refractivity contribution in [2.75, 3.05) is 13.1 Å². The van der Waals surface area contributed by atoms with Gasteiger partial charge in [0.05, 0.1) is 6.54 Å². The second-order valence-electron chi connectivity index (χ2n) is 7.91. The summed E-state index contributed by atoms with van der Waals surface area (Å²) in [6, 6.07) is 7.28. The molecule has 1 saturated heterocycles. The molecule has 158 valence electrons. The molecule has 0 bridgehead atoms. The molecule has 2 aromatic rings. The van der Waals surface area contributed by atoms with Crippen LogP contribution < -0.4 is 5.32 Å². The van der Waals surface area contributed by atoms with E-state index in [0.29, 0.717) is 54.7 Å². The Morgan fingerprint density at radius 3 is 2.67 bits per heavy atom. The summed E-state index contributed by atoms with van der Waals surface area (Å²) >= 11 is 5.28. The highest BCUT2D eigenvalue weighted by atomic mass is 32.2. The minimum Gasteiger partial charge on any atom is -0.355 e. The van der Waals surface area contributed by atoms with Crippen LogP contribution in [0.5, 0.6) is 0 Å². The van der Waals surface area contributed by atoms with Gasteiger partial charge >= 0.3 is 0 Å². The van der Waals surface area contributed by atoms with E-state index in [0.717, 1.165) is 18.7 Å². The standard InChI is InChI=1S/C19H22N6O3S2/c26-18(20-11-16-21-22-19(29)25(16)13-5-6-13)12-7-9-24(10-8-12)17-14-3-1-2-4-15(14)30(27,28)23-17/h1-4,12-13H,5-11H2,(H,20,26)(H,22,29). The lowest BCUT2D eigenvalue weighted by Crippen LogP contribution is -2.43. The van der Waals surface area contributed by atoms with Gasteiger partial charge in [-0.2, -0.15) is 13.5 Å². The Balaban J connectivity index is 1.21. The Kier molecular flexibility index (Phi) is 4.73. The summed E-state index contributed by atoms with van der Waals surface area (Å²) in [5.74, 6) is 1.12. The predicted molar refractivity (Wildman–Crippen MR) is 112 cm³/mol. The van der Waals surface area contributed by atoms with Gasteiger partial charge < -0.3 is 10.2 Å². The quantitative estimate of drug-likeness (QED) is 0.692. The molecule has 9 nitrogen and oxygen atoms in total. The van der Waals surface area contributed by atoms with Crippen molar-refractivity contribution in [3.05, 3.63) is 40.4 Å². The molecule has 2 N–H and O–H groups in total. The molecule has 30 heavy (non-hydrogen) atoms. The number of hydrogen-bond donors (Lipinski definition) is 2. The zero-order valence-electron chi connectivity index (χ0n) is 16.2. The first-order valence-corrected chi connectivity index (χ1v) is 11.9. The van der Waals surface area contributed by atoms with Crippen molar-refractivity contribution in [1.29, 1.82) is 0 Å². The molecule has 3 heterocycles. The molecule has 1 saturated carbocycles. The zero-order chi connectivity index (χ0) is 20.9. The third-order valence-electron chi connectivity index (χ3n) is 5.89. The number of aromatic amines is 1. The topological polar surface area (TPSA) is 112 Å². The van der Waals surface area contributed by atoms with Gasteiger partial charge in [0.25, 0.3) is 10.0 Å². The molecule has 11 heteroatoms. The smallest absolute Gasteiger partial charge is 0.285 e. The molecule has 3 aliphatic rings. The number of H-pyrrole nitrogens is 1. The summed E-state index contributed by atoms with van der Waals surface area (Å²) in [6.45, 7) is 1.52. The molecule has 0 radical (unpaired) electrons. The van der Waals surface area contributed by atoms with E-state index in [-0.39, 0.29) is 16.7 Å². The molecule has 0 atom stereocenters. The van der Waals surface area contributed by atoms with Gasteiger partial charge in [-0.25, -0.2) is 0 Å². The summed E-state index contributed by atoms with van der Waals surface area (Å²) in [4.78, 5) is 14.9. The maximum Gasteiger partial charge on any atom is 0.285 e. The van der Waals surface area contributed by atoms with Crippen molar-refractivity contribution in [1.82, 2.24) is 25.0 Å². The highest BCUT2D eigenvalue weighted by Crippen LogP contribution is 2.35. The Morgan fingerprint density at radius 2 is 1.93 bits per heavy atom. The number of hydrogen-bond acceptors (Lipinski definition) is 6. The van der Waals surface area contributed by atoms with E-state index in [1.54, 1.807) is 18.2 Å². The van der Waals surface area contributed by atoms with Crippen molar-refractivity contribution in [2.45, 2.75) is 43.2 Å². The molecule has 1 aromatic carbocycles. The number of nitrogens with zero attached hydrogens (tertiary/aromatic N) is 4. The lowest BCUT2D eigenvalue weighted by Gasteiger charge is -2.32. The summed E-state index contributed by atoms with van der Waals surface area (Å²) in [7, 11) is -3.63. The molecule has 5 rings (SSSR count). The Labute approximate surface area is 179 Å². The first-order valence-electron chi connectivity index (χ1n) is 10.1. The number of rotatable bonds is 4. The molecular weight excluding hydrogens is 424 g/mol. The van der Waals surface area contributed by atoms with Gasteiger partial charge in [0, 0.05) is 30.6 Å². The molecule has 2 aliphatic heterocycles. The van der Waals surface area contributed by atoms with E-state index in [1.165, 1.54) is 0 Å². The second-order valence-corrected chi connectivity index (χ2v) is 9.87. The van der Waals surface area contributed by atoms with Crippen molar-refractivity contribution < 1.29 is 13.2 Å². The molecule has 0 spiro atoms. The molecule has 1 aliphatic carbocycles. The van der Waals surface area contributed by atoms with Crippen molar-refractivity contribution in [3.8, 4) is 0 Å². The fourth-order valence-corrected chi connectivity index (χ4v) is 5.68. The van der Waals surface area contributed by atoms with Gasteiger partial charge in [-0.3, -0.25) is 14.5 Å². The highest BCUT2D eigenvalue weighted by molar-refractivity contribution is 7.90. The van der Waals surface area contributed by atoms with Crippen LogP contribution in [0.4, 0.5) is 0 Å². The number of amides is 1. The average Bonchev–Trinajstić information content (AvgIpc) is 3.46. The van der Waals surface area contributed by atoms with Gasteiger partial charge in [-0.05, 0) is 50.0 Å². The van der Waals surface area contributed by atoms with Crippen molar-refractivity contribution in [2.24, 2.45) is 10.3 Å². The number of fused-ring (bicyclic) bond motifs is 1. The minimum absolute atomic E-state index is 0.00713. The van der Waals surface area contributed by atoms with Crippen LogP contribution in [0.2, 0.25) is 0 Å². The van der Waals surface area contributed by atoms with E-state index in [9.17, 15) is 13.2 Å². The van der Waals surface area contributed by atoms with E-state index < -0.39 is 10.0 Å². The number of aromatic nitrogens is 3. The van der Waals surface area contributed by atoms with Crippen molar-refractivity contribution in [3.63, 3.8) is 0 Å². The molecule has 0 unspecified atom stereocenters. The van der Waals surface area contributed by atoms with Gasteiger partial charge in [0.1, 0.15) is 4.90 Å². The number of piperidine rings is 1. The lowest BCUT2D eigenvalue weighted by molar-refractivity contribution is -0.126. The molecular formula is C19H22N6O3S2. The van der Waals surface area contributed by atoms with Crippen LogP contribution in [0.1, 0.15) is 43.1 Å². The van der Waals surface area contributed by atoms with Crippen LogP contribution in [0.15, 0.2) is 33.6 Å². The van der Waals surface area contributed by atoms with E-state index in [4.69, 9.17) is 12.2 Å². The Bertz CT molecular complexity index is 1190. The van der Waals surface area contributed by atoms with Crippen LogP contribution in [-0.2, 0) is 21.4 Å². The van der Waals surface area contributed by atoms with E-state index in [2.05, 4.69) is 19.9 Å². The summed E-state index contributed by atoms with van der Waals surface area (Å²) < 4.78 is 31.1. The van der Waals surface area contributed by atoms with Gasteiger partial charge in [-0.1, -0.05) is 12.1 Å². The van der Waals surface area contributed by atoms with E-state index in [1.807, 2.05) is 15.5 Å². The summed E-state index contributed by atoms with van der Waals surface area (Å²) in [6.07, 6.45) is 3.47. The number of amidine groups is 1. The first-order chi connectivity index (χ1) is 14.4. The predicted octanol–water partition coefficient (Wildman–Crippen LogP) is 1.75. The van der Waals surface area contributed by atoms with Crippen LogP contribution in [0.3, 0.4) is 0 Å². The molecule has 1 aromatic heterocycles. The SMILES string of the molecule is O=C(NCc1n[nH]c(=S)n1C1CC1)C1CCN(C2=NS(=O)(=O)c3ccccc32)CC1. The fourth-order valence-electron chi connectivity index (χ4n) is 4.15. The minimum atomic E-state index is -3.63. The van der Waals surface area contributed by atoms with Gasteiger partial charge in [0.2, 0.25) is 5.91 Å². The van der Waals surface area contributed by atoms with Crippen LogP contribution >= 0.6 is 12.2 Å². The van der Waals surface area contributed by atoms with Crippen LogP contribution in [-0.4, -0.2) is 52.9 Å². The van der Waals surface area contributed by atoms with Crippen LogP contribution in [0, 0.1) is 10.7 Å². The molecule has 1 amide bonds. The normalized spacial score (nSPS) is 20.7. The Hall–Kier alpha value is -2.53. The maximum atomic E-state index is 12.7. The highest BCUT2D eigenvalue weighted by Gasteiger charge is 2.34. The monoisotopic (exact) mass is 446 g/mol. The maximum absolute atomic E-state index is 12.7. The number of benzene rings is 1.